The van der Waals surface area contributed by atoms with Crippen molar-refractivity contribution in [3.63, 3.8) is 0 Å². The number of allylic oxidation sites excluding steroid dienone is 1. The van der Waals surface area contributed by atoms with Gasteiger partial charge < -0.3 is 19.5 Å². The summed E-state index contributed by atoms with van der Waals surface area (Å²) in [4.78, 5) is 26.1. The van der Waals surface area contributed by atoms with Crippen LogP contribution in [0.1, 0.15) is 18.5 Å². The average molecular weight is 370 g/mol. The van der Waals surface area contributed by atoms with E-state index in [-0.39, 0.29) is 30.0 Å². The Hall–Kier alpha value is -2.68. The summed E-state index contributed by atoms with van der Waals surface area (Å²) >= 11 is 0. The molecule has 0 aromatic heterocycles. The molecule has 2 amide bonds. The number of urea groups is 1. The van der Waals surface area contributed by atoms with Crippen LogP contribution in [0.3, 0.4) is 0 Å². The van der Waals surface area contributed by atoms with Gasteiger partial charge in [-0.15, -0.1) is 0 Å². The highest BCUT2D eigenvalue weighted by Gasteiger charge is 2.37. The predicted molar refractivity (Wildman–Crippen MR) is 87.6 cm³/mol. The second-order valence-corrected chi connectivity index (χ2v) is 5.43. The van der Waals surface area contributed by atoms with Crippen LogP contribution in [-0.2, 0) is 14.3 Å². The number of amides is 2. The van der Waals surface area contributed by atoms with Gasteiger partial charge in [0.15, 0.2) is 0 Å². The molecule has 0 unspecified atom stereocenters. The summed E-state index contributed by atoms with van der Waals surface area (Å²) in [6.45, 7) is -0.976. The van der Waals surface area contributed by atoms with Crippen molar-refractivity contribution in [1.29, 1.82) is 0 Å². The molecule has 0 bridgehead atoms. The van der Waals surface area contributed by atoms with Crippen LogP contribution in [0.25, 0.3) is 0 Å². The highest BCUT2D eigenvalue weighted by atomic mass is 19.3. The van der Waals surface area contributed by atoms with Crippen molar-refractivity contribution in [2.75, 3.05) is 27.4 Å². The Bertz CT molecular complexity index is 708. The number of halogens is 2. The van der Waals surface area contributed by atoms with E-state index in [0.717, 1.165) is 0 Å². The second-order valence-electron chi connectivity index (χ2n) is 5.43. The van der Waals surface area contributed by atoms with Gasteiger partial charge in [-0.25, -0.2) is 9.59 Å². The van der Waals surface area contributed by atoms with E-state index >= 15 is 0 Å². The highest BCUT2D eigenvalue weighted by molar-refractivity contribution is 5.95. The summed E-state index contributed by atoms with van der Waals surface area (Å²) in [6, 6.07) is 4.50. The van der Waals surface area contributed by atoms with Crippen LogP contribution in [0.5, 0.6) is 5.75 Å². The predicted octanol–water partition coefficient (Wildman–Crippen LogP) is 2.45. The molecule has 142 valence electrons. The molecule has 0 fully saturated rings. The molecule has 1 aliphatic rings. The Morgan fingerprint density at radius 2 is 2.00 bits per heavy atom. The number of esters is 1. The topological polar surface area (TPSA) is 77.1 Å². The summed E-state index contributed by atoms with van der Waals surface area (Å²) in [5.74, 6) is -0.811. The van der Waals surface area contributed by atoms with Crippen LogP contribution in [0.2, 0.25) is 0 Å². The van der Waals surface area contributed by atoms with E-state index in [1.54, 1.807) is 13.0 Å². The number of hydrogen-bond donors (Lipinski definition) is 1. The van der Waals surface area contributed by atoms with E-state index in [0.29, 0.717) is 5.70 Å². The van der Waals surface area contributed by atoms with E-state index in [2.05, 4.69) is 10.1 Å². The SMILES string of the molecule is COCCN1C(=O)N[C@@H](c2ccccc2OC(F)F)C(C(=O)OC)=C1C. The molecule has 1 atom stereocenters. The fourth-order valence-electron chi connectivity index (χ4n) is 2.76. The molecule has 0 saturated heterocycles. The normalized spacial score (nSPS) is 17.4. The van der Waals surface area contributed by atoms with Crippen molar-refractivity contribution in [3.05, 3.63) is 41.1 Å². The number of rotatable bonds is 7. The maximum absolute atomic E-state index is 12.7. The lowest BCUT2D eigenvalue weighted by Crippen LogP contribution is -2.49. The highest BCUT2D eigenvalue weighted by Crippen LogP contribution is 2.36. The smallest absolute Gasteiger partial charge is 0.387 e. The van der Waals surface area contributed by atoms with Gasteiger partial charge in [-0.2, -0.15) is 8.78 Å². The quantitative estimate of drug-likeness (QED) is 0.746. The first-order valence-electron chi connectivity index (χ1n) is 7.80. The third-order valence-corrected chi connectivity index (χ3v) is 3.97. The van der Waals surface area contributed by atoms with Gasteiger partial charge in [-0.3, -0.25) is 4.90 Å². The number of carbonyl (C=O) groups is 2. The molecule has 1 aromatic carbocycles. The molecule has 9 heteroatoms. The minimum atomic E-state index is -3.04. The van der Waals surface area contributed by atoms with Crippen molar-refractivity contribution in [2.45, 2.75) is 19.6 Å². The number of nitrogens with zero attached hydrogens (tertiary/aromatic N) is 1. The Morgan fingerprint density at radius 3 is 2.62 bits per heavy atom. The van der Waals surface area contributed by atoms with Crippen molar-refractivity contribution < 1.29 is 32.6 Å². The van der Waals surface area contributed by atoms with E-state index in [1.807, 2.05) is 0 Å². The lowest BCUT2D eigenvalue weighted by Gasteiger charge is -2.35. The van der Waals surface area contributed by atoms with Gasteiger partial charge in [0.25, 0.3) is 0 Å². The zero-order valence-electron chi connectivity index (χ0n) is 14.6. The molecule has 2 rings (SSSR count). The Balaban J connectivity index is 2.52. The zero-order valence-corrected chi connectivity index (χ0v) is 14.6. The lowest BCUT2D eigenvalue weighted by atomic mass is 9.94. The van der Waals surface area contributed by atoms with Crippen LogP contribution in [0.4, 0.5) is 13.6 Å². The number of carbonyl (C=O) groups excluding carboxylic acids is 2. The van der Waals surface area contributed by atoms with Crippen LogP contribution >= 0.6 is 0 Å². The first-order chi connectivity index (χ1) is 12.4. The van der Waals surface area contributed by atoms with Gasteiger partial charge in [0.05, 0.1) is 31.9 Å². The Kier molecular flexibility index (Phi) is 6.51. The molecule has 0 radical (unpaired) electrons. The minimum absolute atomic E-state index is 0.132. The lowest BCUT2D eigenvalue weighted by molar-refractivity contribution is -0.136. The molecule has 7 nitrogen and oxygen atoms in total. The third kappa shape index (κ3) is 4.10. The zero-order chi connectivity index (χ0) is 19.3. The number of alkyl halides is 2. The van der Waals surface area contributed by atoms with E-state index in [4.69, 9.17) is 9.47 Å². The molecule has 0 spiro atoms. The molecular weight excluding hydrogens is 350 g/mol. The number of methoxy groups -OCH3 is 2. The van der Waals surface area contributed by atoms with Crippen molar-refractivity contribution in [1.82, 2.24) is 10.2 Å². The molecule has 1 heterocycles. The molecule has 0 aliphatic carbocycles. The molecular formula is C17H20F2N2O5. The van der Waals surface area contributed by atoms with Crippen LogP contribution in [-0.4, -0.2) is 50.9 Å². The summed E-state index contributed by atoms with van der Waals surface area (Å²) in [7, 11) is 2.69. The van der Waals surface area contributed by atoms with Crippen LogP contribution < -0.4 is 10.1 Å². The minimum Gasteiger partial charge on any atom is -0.466 e. The standard InChI is InChI=1S/C17H20F2N2O5/c1-10-13(15(22)25-3)14(20-17(23)21(10)8-9-24-2)11-6-4-5-7-12(11)26-16(18)19/h4-7,14,16H,8-9H2,1-3H3,(H,20,23)/t14-/m0/s1. The fraction of sp³-hybridized carbons (Fsp3) is 0.412. The summed E-state index contributed by atoms with van der Waals surface area (Å²) < 4.78 is 39.7. The van der Waals surface area contributed by atoms with Gasteiger partial charge in [0.1, 0.15) is 5.75 Å². The first kappa shape index (κ1) is 19.6. The summed E-state index contributed by atoms with van der Waals surface area (Å²) in [5.41, 5.74) is 0.718. The Morgan fingerprint density at radius 1 is 1.31 bits per heavy atom. The van der Waals surface area contributed by atoms with Gasteiger partial charge in [0.2, 0.25) is 0 Å². The largest absolute Gasteiger partial charge is 0.466 e. The molecule has 0 saturated carbocycles. The maximum Gasteiger partial charge on any atom is 0.387 e. The van der Waals surface area contributed by atoms with Crippen LogP contribution in [0.15, 0.2) is 35.5 Å². The number of nitrogens with one attached hydrogen (secondary N) is 1. The monoisotopic (exact) mass is 370 g/mol. The Labute approximate surface area is 149 Å². The maximum atomic E-state index is 12.7. The van der Waals surface area contributed by atoms with Gasteiger partial charge in [0, 0.05) is 18.4 Å². The first-order valence-corrected chi connectivity index (χ1v) is 7.80. The number of benzene rings is 1. The van der Waals surface area contributed by atoms with Crippen molar-refractivity contribution >= 4 is 12.0 Å². The molecule has 1 aliphatic heterocycles. The van der Waals surface area contributed by atoms with Crippen LogP contribution in [0, 0.1) is 0 Å². The molecule has 1 N–H and O–H groups in total. The second kappa shape index (κ2) is 8.61. The van der Waals surface area contributed by atoms with Gasteiger partial charge >= 0.3 is 18.6 Å². The van der Waals surface area contributed by atoms with E-state index in [1.165, 1.54) is 37.3 Å². The van der Waals surface area contributed by atoms with Gasteiger partial charge in [-0.05, 0) is 13.0 Å². The molecule has 1 aromatic rings. The van der Waals surface area contributed by atoms with E-state index < -0.39 is 24.7 Å². The van der Waals surface area contributed by atoms with Gasteiger partial charge in [-0.1, -0.05) is 18.2 Å². The third-order valence-electron chi connectivity index (χ3n) is 3.97. The van der Waals surface area contributed by atoms with Crippen molar-refractivity contribution in [2.24, 2.45) is 0 Å². The number of para-hydroxylation sites is 1. The molecule has 26 heavy (non-hydrogen) atoms. The number of hydrogen-bond acceptors (Lipinski definition) is 5. The summed E-state index contributed by atoms with van der Waals surface area (Å²) in [6.07, 6.45) is 0. The fourth-order valence-corrected chi connectivity index (χ4v) is 2.76. The number of ether oxygens (including phenoxy) is 3. The summed E-state index contributed by atoms with van der Waals surface area (Å²) in [5, 5.41) is 2.65. The average Bonchev–Trinajstić information content (AvgIpc) is 2.60. The van der Waals surface area contributed by atoms with Crippen molar-refractivity contribution in [3.8, 4) is 5.75 Å². The van der Waals surface area contributed by atoms with E-state index in [9.17, 15) is 18.4 Å².